The number of anilines is 2. The van der Waals surface area contributed by atoms with Crippen molar-refractivity contribution in [1.82, 2.24) is 9.97 Å². The minimum absolute atomic E-state index is 0. The van der Waals surface area contributed by atoms with Gasteiger partial charge in [-0.05, 0) is 44.7 Å². The SMILES string of the molecule is C.C.C.Cc1nc(CC2CC([S@](=O)c3cc(F)c(F)c(F)c3)C2)nc2c1NC(=O)[C@H](C)N2C.S. The molecule has 1 aromatic carbocycles. The fourth-order valence-corrected chi connectivity index (χ4v) is 5.53. The lowest BCUT2D eigenvalue weighted by molar-refractivity contribution is -0.117. The number of nitrogens with zero attached hydrogens (tertiary/aromatic N) is 3. The van der Waals surface area contributed by atoms with E-state index in [4.69, 9.17) is 0 Å². The van der Waals surface area contributed by atoms with Crippen LogP contribution in [0.15, 0.2) is 17.0 Å². The highest BCUT2D eigenvalue weighted by Gasteiger charge is 2.36. The van der Waals surface area contributed by atoms with E-state index in [2.05, 4.69) is 15.3 Å². The number of aryl methyl sites for hydroxylation is 1. The van der Waals surface area contributed by atoms with Gasteiger partial charge in [0.2, 0.25) is 5.91 Å². The second kappa shape index (κ2) is 12.0. The number of amides is 1. The standard InChI is InChI=1S/C20H21F3N4O2S.3CH4.H2S/c1-9-18-19(27(3)10(2)20(28)26-18)25-16(24-9)6-11-4-12(5-11)30(29)13-7-14(21)17(23)15(22)8-13;;;;/h7-8,10-12H,4-6H2,1-3H3,(H,26,28);3*1H4;1H2/t10-,11?,12?,30-;;;;/m0..../s1. The van der Waals surface area contributed by atoms with E-state index in [0.717, 1.165) is 12.1 Å². The van der Waals surface area contributed by atoms with Crippen LogP contribution < -0.4 is 10.2 Å². The van der Waals surface area contributed by atoms with Gasteiger partial charge < -0.3 is 10.2 Å². The van der Waals surface area contributed by atoms with Crippen LogP contribution in [0.5, 0.6) is 0 Å². The molecule has 192 valence electrons. The average Bonchev–Trinajstić information content (AvgIpc) is 2.67. The quantitative estimate of drug-likeness (QED) is 0.566. The third kappa shape index (κ3) is 5.73. The zero-order chi connectivity index (χ0) is 21.7. The van der Waals surface area contributed by atoms with Gasteiger partial charge >= 0.3 is 0 Å². The van der Waals surface area contributed by atoms with Gasteiger partial charge in [-0.3, -0.25) is 9.00 Å². The Labute approximate surface area is 209 Å². The molecule has 1 fully saturated rings. The molecule has 2 atom stereocenters. The Kier molecular flexibility index (Phi) is 11.3. The summed E-state index contributed by atoms with van der Waals surface area (Å²) >= 11 is 0. The Balaban J connectivity index is 0.00000272. The number of hydrogen-bond donors (Lipinski definition) is 1. The maximum Gasteiger partial charge on any atom is 0.246 e. The molecule has 1 N–H and O–H groups in total. The second-order valence-corrected chi connectivity index (χ2v) is 9.59. The molecule has 2 heterocycles. The van der Waals surface area contributed by atoms with Crippen LogP contribution in [0.3, 0.4) is 0 Å². The van der Waals surface area contributed by atoms with Gasteiger partial charge in [-0.15, -0.1) is 0 Å². The first-order valence-electron chi connectivity index (χ1n) is 9.62. The molecule has 6 nitrogen and oxygen atoms in total. The summed E-state index contributed by atoms with van der Waals surface area (Å²) in [6, 6.07) is 1.25. The zero-order valence-corrected chi connectivity index (χ0v) is 19.0. The first-order chi connectivity index (χ1) is 14.2. The van der Waals surface area contributed by atoms with Gasteiger partial charge in [0.25, 0.3) is 0 Å². The lowest BCUT2D eigenvalue weighted by atomic mass is 9.82. The fraction of sp³-hybridized carbons (Fsp3) is 0.522. The molecule has 1 saturated carbocycles. The van der Waals surface area contributed by atoms with E-state index in [1.54, 1.807) is 6.92 Å². The summed E-state index contributed by atoms with van der Waals surface area (Å²) in [6.45, 7) is 3.60. The van der Waals surface area contributed by atoms with Gasteiger partial charge in [0, 0.05) is 23.6 Å². The molecule has 1 aliphatic carbocycles. The van der Waals surface area contributed by atoms with Gasteiger partial charge in [0.1, 0.15) is 17.6 Å². The van der Waals surface area contributed by atoms with Gasteiger partial charge in [-0.1, -0.05) is 22.3 Å². The summed E-state index contributed by atoms with van der Waals surface area (Å²) < 4.78 is 52.5. The molecule has 0 unspecified atom stereocenters. The topological polar surface area (TPSA) is 75.2 Å². The number of aromatic nitrogens is 2. The molecule has 1 aromatic heterocycles. The van der Waals surface area contributed by atoms with Crippen molar-refractivity contribution in [3.05, 3.63) is 41.1 Å². The third-order valence-corrected chi connectivity index (χ3v) is 7.51. The van der Waals surface area contributed by atoms with E-state index < -0.39 is 28.3 Å². The molecule has 2 aliphatic rings. The van der Waals surface area contributed by atoms with Crippen LogP contribution >= 0.6 is 13.5 Å². The van der Waals surface area contributed by atoms with E-state index in [9.17, 15) is 22.2 Å². The van der Waals surface area contributed by atoms with Crippen molar-refractivity contribution in [2.45, 2.75) is 71.6 Å². The predicted octanol–water partition coefficient (Wildman–Crippen LogP) is 5.13. The van der Waals surface area contributed by atoms with Crippen molar-refractivity contribution in [3.63, 3.8) is 0 Å². The molecule has 0 saturated heterocycles. The Morgan fingerprint density at radius 3 is 2.24 bits per heavy atom. The molecule has 2 aromatic rings. The molecule has 0 bridgehead atoms. The lowest BCUT2D eigenvalue weighted by Gasteiger charge is -2.35. The fourth-order valence-electron chi connectivity index (χ4n) is 3.81. The Morgan fingerprint density at radius 1 is 1.12 bits per heavy atom. The highest BCUT2D eigenvalue weighted by atomic mass is 32.2. The summed E-state index contributed by atoms with van der Waals surface area (Å²) in [5.74, 6) is -2.85. The highest BCUT2D eigenvalue weighted by molar-refractivity contribution is 7.85. The average molecular weight is 521 g/mol. The number of fused-ring (bicyclic) bond motifs is 1. The summed E-state index contributed by atoms with van der Waals surface area (Å²) in [5.41, 5.74) is 1.29. The first-order valence-corrected chi connectivity index (χ1v) is 10.8. The number of nitrogens with one attached hydrogen (secondary N) is 1. The molecule has 4 rings (SSSR count). The van der Waals surface area contributed by atoms with Crippen LogP contribution in [0.4, 0.5) is 24.7 Å². The van der Waals surface area contributed by atoms with Crippen molar-refractivity contribution >= 4 is 41.7 Å². The van der Waals surface area contributed by atoms with Crippen molar-refractivity contribution in [2.75, 3.05) is 17.3 Å². The van der Waals surface area contributed by atoms with Crippen LogP contribution in [-0.4, -0.2) is 38.4 Å². The largest absolute Gasteiger partial charge is 0.346 e. The Bertz CT molecular complexity index is 1040. The second-order valence-electron chi connectivity index (χ2n) is 7.86. The Hall–Kier alpha value is -2.14. The molecule has 1 aliphatic heterocycles. The maximum absolute atomic E-state index is 13.4. The summed E-state index contributed by atoms with van der Waals surface area (Å²) in [6.07, 6.45) is 1.76. The third-order valence-electron chi connectivity index (χ3n) is 5.82. The number of likely N-dealkylation sites (N-methyl/N-ethyl adjacent to an activating group) is 1. The molecular formula is C23H35F3N4O2S2. The number of rotatable bonds is 4. The van der Waals surface area contributed by atoms with E-state index in [1.807, 2.05) is 18.9 Å². The molecule has 1 amide bonds. The molecule has 11 heteroatoms. The summed E-state index contributed by atoms with van der Waals surface area (Å²) in [5, 5.41) is 2.59. The normalized spacial score (nSPS) is 21.3. The van der Waals surface area contributed by atoms with Crippen molar-refractivity contribution in [3.8, 4) is 0 Å². The molecule has 0 radical (unpaired) electrons. The van der Waals surface area contributed by atoms with E-state index >= 15 is 0 Å². The highest BCUT2D eigenvalue weighted by Crippen LogP contribution is 2.38. The first kappa shape index (κ1) is 31.9. The van der Waals surface area contributed by atoms with Crippen molar-refractivity contribution in [1.29, 1.82) is 0 Å². The van der Waals surface area contributed by atoms with Crippen molar-refractivity contribution < 1.29 is 22.2 Å². The minimum Gasteiger partial charge on any atom is -0.346 e. The predicted molar refractivity (Wildman–Crippen MR) is 137 cm³/mol. The molecule has 0 spiro atoms. The van der Waals surface area contributed by atoms with Crippen LogP contribution in [0, 0.1) is 30.3 Å². The number of halogens is 3. The van der Waals surface area contributed by atoms with E-state index in [1.165, 1.54) is 0 Å². The number of carbonyl (C=O) groups is 1. The van der Waals surface area contributed by atoms with Crippen LogP contribution in [0.25, 0.3) is 0 Å². The van der Waals surface area contributed by atoms with Gasteiger partial charge in [0.05, 0.1) is 16.5 Å². The monoisotopic (exact) mass is 520 g/mol. The minimum atomic E-state index is -1.61. The number of hydrogen-bond acceptors (Lipinski definition) is 5. The zero-order valence-electron chi connectivity index (χ0n) is 17.2. The van der Waals surface area contributed by atoms with Gasteiger partial charge in [0.15, 0.2) is 23.3 Å². The summed E-state index contributed by atoms with van der Waals surface area (Å²) in [7, 11) is 0.195. The van der Waals surface area contributed by atoms with E-state index in [0.29, 0.717) is 42.3 Å². The van der Waals surface area contributed by atoms with Gasteiger partial charge in [-0.25, -0.2) is 23.1 Å². The van der Waals surface area contributed by atoms with Crippen molar-refractivity contribution in [2.24, 2.45) is 5.92 Å². The van der Waals surface area contributed by atoms with E-state index in [-0.39, 0.29) is 63.8 Å². The summed E-state index contributed by atoms with van der Waals surface area (Å²) in [4.78, 5) is 22.9. The molecule has 34 heavy (non-hydrogen) atoms. The van der Waals surface area contributed by atoms with Crippen LogP contribution in [-0.2, 0) is 22.0 Å². The number of benzene rings is 1. The van der Waals surface area contributed by atoms with Crippen LogP contribution in [0.2, 0.25) is 0 Å². The van der Waals surface area contributed by atoms with Crippen LogP contribution in [0.1, 0.15) is 53.6 Å². The lowest BCUT2D eigenvalue weighted by Crippen LogP contribution is -2.45. The van der Waals surface area contributed by atoms with Gasteiger partial charge in [-0.2, -0.15) is 13.5 Å². The smallest absolute Gasteiger partial charge is 0.246 e. The number of carbonyl (C=O) groups excluding carboxylic acids is 1. The Morgan fingerprint density at radius 2 is 1.68 bits per heavy atom. The molecular weight excluding hydrogens is 485 g/mol. The maximum atomic E-state index is 13.4.